The molecular formula is C21H36N2O3. The van der Waals surface area contributed by atoms with E-state index in [-0.39, 0.29) is 5.91 Å². The van der Waals surface area contributed by atoms with Crippen LogP contribution in [0.1, 0.15) is 53.4 Å². The van der Waals surface area contributed by atoms with Crippen molar-refractivity contribution in [2.45, 2.75) is 59.0 Å². The summed E-state index contributed by atoms with van der Waals surface area (Å²) >= 11 is 0. The minimum absolute atomic E-state index is 0.105. The molecule has 0 spiro atoms. The van der Waals surface area contributed by atoms with Gasteiger partial charge in [-0.05, 0) is 50.7 Å². The highest BCUT2D eigenvalue weighted by Gasteiger charge is 2.32. The molecule has 1 amide bonds. The van der Waals surface area contributed by atoms with Crippen LogP contribution in [0, 0.1) is 0 Å². The third-order valence-corrected chi connectivity index (χ3v) is 4.87. The summed E-state index contributed by atoms with van der Waals surface area (Å²) in [6, 6.07) is 7.51. The molecule has 1 atom stereocenters. The second-order valence-corrected chi connectivity index (χ2v) is 6.75. The summed E-state index contributed by atoms with van der Waals surface area (Å²) in [5.41, 5.74) is -0.0430. The summed E-state index contributed by atoms with van der Waals surface area (Å²) in [6.07, 6.45) is 3.92. The van der Waals surface area contributed by atoms with Crippen LogP contribution in [-0.4, -0.2) is 49.8 Å². The molecule has 1 aromatic rings. The molecule has 0 aliphatic heterocycles. The number of anilines is 1. The lowest BCUT2D eigenvalue weighted by Crippen LogP contribution is -2.41. The van der Waals surface area contributed by atoms with Gasteiger partial charge in [-0.1, -0.05) is 40.0 Å². The van der Waals surface area contributed by atoms with Gasteiger partial charge in [0.05, 0.1) is 0 Å². The van der Waals surface area contributed by atoms with E-state index >= 15 is 0 Å². The molecule has 0 fully saturated rings. The Morgan fingerprint density at radius 3 is 2.31 bits per heavy atom. The van der Waals surface area contributed by atoms with Gasteiger partial charge in [0, 0.05) is 19.3 Å². The molecule has 0 aliphatic rings. The molecule has 0 radical (unpaired) electrons. The maximum Gasteiger partial charge on any atom is 0.256 e. The molecule has 148 valence electrons. The summed E-state index contributed by atoms with van der Waals surface area (Å²) in [5, 5.41) is 2.95. The van der Waals surface area contributed by atoms with Crippen molar-refractivity contribution in [3.63, 3.8) is 0 Å². The zero-order chi connectivity index (χ0) is 19.4. The molecule has 5 nitrogen and oxygen atoms in total. The monoisotopic (exact) mass is 364 g/mol. The summed E-state index contributed by atoms with van der Waals surface area (Å²) in [6.45, 7) is 11.9. The highest BCUT2D eigenvalue weighted by Crippen LogP contribution is 2.22. The van der Waals surface area contributed by atoms with Crippen molar-refractivity contribution >= 4 is 11.6 Å². The lowest BCUT2D eigenvalue weighted by atomic mass is 9.97. The van der Waals surface area contributed by atoms with Crippen molar-refractivity contribution in [2.24, 2.45) is 0 Å². The van der Waals surface area contributed by atoms with Gasteiger partial charge in [0.1, 0.15) is 18.0 Å². The van der Waals surface area contributed by atoms with Gasteiger partial charge in [0.15, 0.2) is 0 Å². The molecule has 0 aliphatic carbocycles. The van der Waals surface area contributed by atoms with Crippen molar-refractivity contribution in [3.8, 4) is 5.75 Å². The van der Waals surface area contributed by atoms with E-state index in [1.54, 1.807) is 7.11 Å². The summed E-state index contributed by atoms with van der Waals surface area (Å²) < 4.78 is 11.3. The quantitative estimate of drug-likeness (QED) is 0.529. The van der Waals surface area contributed by atoms with E-state index in [9.17, 15) is 4.79 Å². The Kier molecular flexibility index (Phi) is 10.3. The van der Waals surface area contributed by atoms with Crippen molar-refractivity contribution in [1.29, 1.82) is 0 Å². The van der Waals surface area contributed by atoms with E-state index in [4.69, 9.17) is 9.47 Å². The number of hydrogen-bond acceptors (Lipinski definition) is 4. The molecule has 0 heterocycles. The van der Waals surface area contributed by atoms with E-state index in [1.807, 2.05) is 31.2 Å². The summed E-state index contributed by atoms with van der Waals surface area (Å²) in [7, 11) is 1.60. The van der Waals surface area contributed by atoms with Gasteiger partial charge in [-0.2, -0.15) is 0 Å². The Morgan fingerprint density at radius 2 is 1.77 bits per heavy atom. The maximum absolute atomic E-state index is 12.6. The molecular weight excluding hydrogens is 328 g/mol. The number of amides is 1. The van der Waals surface area contributed by atoms with Gasteiger partial charge < -0.3 is 19.7 Å². The first-order valence-corrected chi connectivity index (χ1v) is 9.80. The van der Waals surface area contributed by atoms with Gasteiger partial charge >= 0.3 is 0 Å². The highest BCUT2D eigenvalue weighted by atomic mass is 16.5. The summed E-state index contributed by atoms with van der Waals surface area (Å²) in [4.78, 5) is 14.9. The number of carbonyl (C=O) groups is 1. The molecule has 26 heavy (non-hydrogen) atoms. The fourth-order valence-corrected chi connectivity index (χ4v) is 2.75. The molecule has 0 saturated carbocycles. The number of methoxy groups -OCH3 is 1. The van der Waals surface area contributed by atoms with Crippen LogP contribution in [0.2, 0.25) is 0 Å². The highest BCUT2D eigenvalue weighted by molar-refractivity contribution is 5.97. The molecule has 5 heteroatoms. The summed E-state index contributed by atoms with van der Waals surface area (Å²) in [5.74, 6) is 0.707. The molecule has 0 bridgehead atoms. The van der Waals surface area contributed by atoms with Crippen LogP contribution in [0.3, 0.4) is 0 Å². The van der Waals surface area contributed by atoms with Crippen LogP contribution in [0.15, 0.2) is 24.3 Å². The first-order valence-electron chi connectivity index (χ1n) is 9.80. The van der Waals surface area contributed by atoms with Crippen molar-refractivity contribution in [2.75, 3.05) is 38.7 Å². The largest absolute Gasteiger partial charge is 0.492 e. The van der Waals surface area contributed by atoms with Gasteiger partial charge in [-0.3, -0.25) is 4.79 Å². The number of hydrogen-bond donors (Lipinski definition) is 1. The lowest BCUT2D eigenvalue weighted by Gasteiger charge is -2.27. The third-order valence-electron chi connectivity index (χ3n) is 4.87. The van der Waals surface area contributed by atoms with E-state index in [0.717, 1.165) is 56.8 Å². The van der Waals surface area contributed by atoms with Gasteiger partial charge in [0.25, 0.3) is 5.91 Å². The smallest absolute Gasteiger partial charge is 0.256 e. The Bertz CT molecular complexity index is 514. The number of carbonyl (C=O) groups excluding carboxylic acids is 1. The third kappa shape index (κ3) is 7.34. The average Bonchev–Trinajstić information content (AvgIpc) is 2.66. The van der Waals surface area contributed by atoms with Crippen LogP contribution in [0.25, 0.3) is 0 Å². The lowest BCUT2D eigenvalue weighted by molar-refractivity contribution is -0.136. The van der Waals surface area contributed by atoms with E-state index in [0.29, 0.717) is 6.61 Å². The average molecular weight is 365 g/mol. The van der Waals surface area contributed by atoms with Crippen LogP contribution in [0.4, 0.5) is 5.69 Å². The number of benzene rings is 1. The van der Waals surface area contributed by atoms with Crippen LogP contribution in [0.5, 0.6) is 5.75 Å². The second kappa shape index (κ2) is 11.9. The predicted molar refractivity (Wildman–Crippen MR) is 108 cm³/mol. The molecule has 1 rings (SSSR count). The van der Waals surface area contributed by atoms with Crippen LogP contribution < -0.4 is 10.1 Å². The van der Waals surface area contributed by atoms with Gasteiger partial charge in [-0.15, -0.1) is 0 Å². The number of nitrogens with zero attached hydrogens (tertiary/aromatic N) is 1. The number of ether oxygens (including phenoxy) is 2. The zero-order valence-corrected chi connectivity index (χ0v) is 17.1. The fraction of sp³-hybridized carbons (Fsp3) is 0.667. The Hall–Kier alpha value is -1.59. The predicted octanol–water partition coefficient (Wildman–Crippen LogP) is 4.33. The van der Waals surface area contributed by atoms with Crippen molar-refractivity contribution in [3.05, 3.63) is 24.3 Å². The SMILES string of the molecule is CCCCCC(C)(OC)C(=O)Nc1ccc(OCCN(CC)CC)cc1. The number of rotatable bonds is 13. The molecule has 0 saturated heterocycles. The topological polar surface area (TPSA) is 50.8 Å². The standard InChI is InChI=1S/C21H36N2O3/c1-6-9-10-15-21(4,25-5)20(24)22-18-11-13-19(14-12-18)26-17-16-23(7-2)8-3/h11-14H,6-10,15-17H2,1-5H3,(H,22,24). The molecule has 1 aromatic carbocycles. The van der Waals surface area contributed by atoms with Crippen molar-refractivity contribution in [1.82, 2.24) is 4.90 Å². The van der Waals surface area contributed by atoms with Crippen molar-refractivity contribution < 1.29 is 14.3 Å². The van der Waals surface area contributed by atoms with Crippen LogP contribution in [-0.2, 0) is 9.53 Å². The first-order chi connectivity index (χ1) is 12.5. The number of nitrogens with one attached hydrogen (secondary N) is 1. The van der Waals surface area contributed by atoms with Crippen LogP contribution >= 0.6 is 0 Å². The van der Waals surface area contributed by atoms with E-state index in [1.165, 1.54) is 0 Å². The van der Waals surface area contributed by atoms with Gasteiger partial charge in [0.2, 0.25) is 0 Å². The Balaban J connectivity index is 2.53. The first kappa shape index (κ1) is 22.5. The minimum Gasteiger partial charge on any atom is -0.492 e. The Morgan fingerprint density at radius 1 is 1.12 bits per heavy atom. The van der Waals surface area contributed by atoms with Gasteiger partial charge in [-0.25, -0.2) is 0 Å². The number of unbranched alkanes of at least 4 members (excludes halogenated alkanes) is 2. The molecule has 1 N–H and O–H groups in total. The normalized spacial score (nSPS) is 13.5. The van der Waals surface area contributed by atoms with E-state index in [2.05, 4.69) is 31.0 Å². The second-order valence-electron chi connectivity index (χ2n) is 6.75. The Labute approximate surface area is 159 Å². The van der Waals surface area contributed by atoms with E-state index < -0.39 is 5.60 Å². The number of likely N-dealkylation sites (N-methyl/N-ethyl adjacent to an activating group) is 1. The minimum atomic E-state index is -0.798. The fourth-order valence-electron chi connectivity index (χ4n) is 2.75. The zero-order valence-electron chi connectivity index (χ0n) is 17.1. The maximum atomic E-state index is 12.6. The molecule has 1 unspecified atom stereocenters. The molecule has 0 aromatic heterocycles.